The van der Waals surface area contributed by atoms with Crippen LogP contribution in [0.4, 0.5) is 4.79 Å². The fourth-order valence-corrected chi connectivity index (χ4v) is 1.52. The fraction of sp³-hybridized carbons (Fsp3) is 0.900. The normalized spacial score (nSPS) is 31.9. The first-order valence-electron chi connectivity index (χ1n) is 5.01. The minimum atomic E-state index is -0.602. The lowest BCUT2D eigenvalue weighted by Crippen LogP contribution is -2.26. The van der Waals surface area contributed by atoms with E-state index in [-0.39, 0.29) is 24.4 Å². The molecule has 1 aliphatic rings. The van der Waals surface area contributed by atoms with Crippen LogP contribution in [0.2, 0.25) is 0 Å². The highest BCUT2D eigenvalue weighted by Crippen LogP contribution is 2.22. The van der Waals surface area contributed by atoms with Crippen molar-refractivity contribution in [3.05, 3.63) is 0 Å². The second kappa shape index (κ2) is 4.64. The SMILES string of the molecule is CC(C)OC(=O)OC1C[C@H](C)O[C@@H]1C. The van der Waals surface area contributed by atoms with Gasteiger partial charge in [-0.1, -0.05) is 0 Å². The van der Waals surface area contributed by atoms with Crippen molar-refractivity contribution >= 4 is 6.16 Å². The van der Waals surface area contributed by atoms with E-state index in [0.29, 0.717) is 0 Å². The van der Waals surface area contributed by atoms with E-state index in [4.69, 9.17) is 14.2 Å². The maximum Gasteiger partial charge on any atom is 0.508 e. The number of hydrogen-bond donors (Lipinski definition) is 0. The van der Waals surface area contributed by atoms with Gasteiger partial charge in [0.15, 0.2) is 0 Å². The highest BCUT2D eigenvalue weighted by molar-refractivity contribution is 5.60. The van der Waals surface area contributed by atoms with Gasteiger partial charge in [-0.3, -0.25) is 0 Å². The Morgan fingerprint density at radius 1 is 1.43 bits per heavy atom. The molecule has 1 aliphatic heterocycles. The molecule has 0 aromatic rings. The topological polar surface area (TPSA) is 44.8 Å². The van der Waals surface area contributed by atoms with E-state index in [1.165, 1.54) is 0 Å². The van der Waals surface area contributed by atoms with Gasteiger partial charge >= 0.3 is 6.16 Å². The molecule has 1 heterocycles. The van der Waals surface area contributed by atoms with Crippen molar-refractivity contribution in [1.82, 2.24) is 0 Å². The summed E-state index contributed by atoms with van der Waals surface area (Å²) >= 11 is 0. The van der Waals surface area contributed by atoms with E-state index >= 15 is 0 Å². The first-order chi connectivity index (χ1) is 6.49. The quantitative estimate of drug-likeness (QED) is 0.643. The Labute approximate surface area is 84.5 Å². The van der Waals surface area contributed by atoms with Gasteiger partial charge in [0.25, 0.3) is 0 Å². The summed E-state index contributed by atoms with van der Waals surface area (Å²) in [6.07, 6.45) is -0.0520. The highest BCUT2D eigenvalue weighted by Gasteiger charge is 2.33. The predicted octanol–water partition coefficient (Wildman–Crippen LogP) is 2.11. The minimum absolute atomic E-state index is 0.0373. The van der Waals surface area contributed by atoms with E-state index in [1.54, 1.807) is 13.8 Å². The van der Waals surface area contributed by atoms with Crippen LogP contribution in [0.3, 0.4) is 0 Å². The van der Waals surface area contributed by atoms with Crippen molar-refractivity contribution in [2.45, 2.75) is 58.5 Å². The third kappa shape index (κ3) is 3.18. The molecule has 0 N–H and O–H groups in total. The molecule has 0 aromatic heterocycles. The molecule has 0 spiro atoms. The lowest BCUT2D eigenvalue weighted by molar-refractivity contribution is -0.0207. The summed E-state index contributed by atoms with van der Waals surface area (Å²) in [5.41, 5.74) is 0. The first-order valence-corrected chi connectivity index (χ1v) is 5.01. The number of carbonyl (C=O) groups excluding carboxylic acids is 1. The van der Waals surface area contributed by atoms with Crippen LogP contribution >= 0.6 is 0 Å². The van der Waals surface area contributed by atoms with Crippen LogP contribution < -0.4 is 0 Å². The molecule has 82 valence electrons. The Balaban J connectivity index is 2.33. The maximum absolute atomic E-state index is 11.2. The van der Waals surface area contributed by atoms with Crippen LogP contribution in [0.1, 0.15) is 34.1 Å². The summed E-state index contributed by atoms with van der Waals surface area (Å²) < 4.78 is 15.4. The van der Waals surface area contributed by atoms with Crippen LogP contribution in [0, 0.1) is 0 Å². The molecule has 4 nitrogen and oxygen atoms in total. The number of ether oxygens (including phenoxy) is 3. The predicted molar refractivity (Wildman–Crippen MR) is 51.1 cm³/mol. The molecular weight excluding hydrogens is 184 g/mol. The third-order valence-corrected chi connectivity index (χ3v) is 2.11. The molecular formula is C10H18O4. The highest BCUT2D eigenvalue weighted by atomic mass is 16.7. The number of carbonyl (C=O) groups is 1. The van der Waals surface area contributed by atoms with Crippen molar-refractivity contribution in [2.75, 3.05) is 0 Å². The Bertz CT molecular complexity index is 202. The van der Waals surface area contributed by atoms with Crippen molar-refractivity contribution < 1.29 is 19.0 Å². The molecule has 4 heteroatoms. The second-order valence-electron chi connectivity index (χ2n) is 3.96. The largest absolute Gasteiger partial charge is 0.508 e. The maximum atomic E-state index is 11.2. The van der Waals surface area contributed by atoms with E-state index in [9.17, 15) is 4.79 Å². The summed E-state index contributed by atoms with van der Waals surface area (Å²) in [6, 6.07) is 0. The van der Waals surface area contributed by atoms with E-state index in [2.05, 4.69) is 0 Å². The van der Waals surface area contributed by atoms with Gasteiger partial charge in [-0.25, -0.2) is 4.79 Å². The molecule has 1 fully saturated rings. The van der Waals surface area contributed by atoms with Gasteiger partial charge in [-0.15, -0.1) is 0 Å². The van der Waals surface area contributed by atoms with Gasteiger partial charge in [-0.05, 0) is 27.7 Å². The molecule has 0 amide bonds. The lowest BCUT2D eigenvalue weighted by atomic mass is 10.2. The van der Waals surface area contributed by atoms with Crippen molar-refractivity contribution in [2.24, 2.45) is 0 Å². The van der Waals surface area contributed by atoms with E-state index in [1.807, 2.05) is 13.8 Å². The zero-order valence-electron chi connectivity index (χ0n) is 9.15. The molecule has 0 aliphatic carbocycles. The van der Waals surface area contributed by atoms with Crippen LogP contribution in [0.25, 0.3) is 0 Å². The Hall–Kier alpha value is -0.770. The molecule has 1 rings (SSSR count). The molecule has 0 radical (unpaired) electrons. The molecule has 0 aromatic carbocycles. The van der Waals surface area contributed by atoms with Gasteiger partial charge in [0.05, 0.1) is 18.3 Å². The zero-order valence-corrected chi connectivity index (χ0v) is 9.15. The second-order valence-corrected chi connectivity index (χ2v) is 3.96. The molecule has 3 atom stereocenters. The molecule has 0 bridgehead atoms. The Kier molecular flexibility index (Phi) is 3.75. The van der Waals surface area contributed by atoms with Crippen LogP contribution in [0.15, 0.2) is 0 Å². The standard InChI is InChI=1S/C10H18O4/c1-6(2)12-10(11)14-9-5-7(3)13-8(9)4/h6-9H,5H2,1-4H3/t7-,8+,9?/m0/s1. The van der Waals surface area contributed by atoms with Crippen LogP contribution in [0.5, 0.6) is 0 Å². The first kappa shape index (κ1) is 11.3. The zero-order chi connectivity index (χ0) is 10.7. The summed E-state index contributed by atoms with van der Waals surface area (Å²) in [6.45, 7) is 7.45. The van der Waals surface area contributed by atoms with Crippen molar-refractivity contribution in [3.63, 3.8) is 0 Å². The molecule has 1 saturated heterocycles. The van der Waals surface area contributed by atoms with Crippen LogP contribution in [-0.2, 0) is 14.2 Å². The molecule has 1 unspecified atom stereocenters. The number of rotatable bonds is 2. The monoisotopic (exact) mass is 202 g/mol. The molecule has 14 heavy (non-hydrogen) atoms. The van der Waals surface area contributed by atoms with Gasteiger partial charge in [0, 0.05) is 6.42 Å². The molecule has 0 saturated carbocycles. The lowest BCUT2D eigenvalue weighted by Gasteiger charge is -2.15. The van der Waals surface area contributed by atoms with Gasteiger partial charge < -0.3 is 14.2 Å². The van der Waals surface area contributed by atoms with E-state index in [0.717, 1.165) is 6.42 Å². The summed E-state index contributed by atoms with van der Waals surface area (Å²) in [4.78, 5) is 11.2. The van der Waals surface area contributed by atoms with Crippen LogP contribution in [-0.4, -0.2) is 30.6 Å². The third-order valence-electron chi connectivity index (χ3n) is 2.11. The summed E-state index contributed by atoms with van der Waals surface area (Å²) in [5, 5.41) is 0. The average Bonchev–Trinajstić information content (AvgIpc) is 2.28. The smallest absolute Gasteiger partial charge is 0.432 e. The van der Waals surface area contributed by atoms with Crippen molar-refractivity contribution in [1.29, 1.82) is 0 Å². The average molecular weight is 202 g/mol. The number of hydrogen-bond acceptors (Lipinski definition) is 4. The van der Waals surface area contributed by atoms with Gasteiger partial charge in [0.1, 0.15) is 6.10 Å². The fourth-order valence-electron chi connectivity index (χ4n) is 1.52. The summed E-state index contributed by atoms with van der Waals surface area (Å²) in [5.74, 6) is 0. The van der Waals surface area contributed by atoms with Gasteiger partial charge in [-0.2, -0.15) is 0 Å². The van der Waals surface area contributed by atoms with E-state index < -0.39 is 6.16 Å². The Morgan fingerprint density at radius 3 is 2.50 bits per heavy atom. The minimum Gasteiger partial charge on any atom is -0.432 e. The van der Waals surface area contributed by atoms with Crippen molar-refractivity contribution in [3.8, 4) is 0 Å². The summed E-state index contributed by atoms with van der Waals surface area (Å²) in [7, 11) is 0. The van der Waals surface area contributed by atoms with Gasteiger partial charge in [0.2, 0.25) is 0 Å². The Morgan fingerprint density at radius 2 is 2.07 bits per heavy atom.